The second-order valence-electron chi connectivity index (χ2n) is 7.97. The number of piperidine rings is 1. The Morgan fingerprint density at radius 2 is 1.45 bits per heavy atom. The quantitative estimate of drug-likeness (QED) is 0.546. The molecule has 0 N–H and O–H groups in total. The standard InChI is InChI=1S/C24H27NO4/c1-28-21-13-18-19(14-22(21)29-2)24(27)20(23(18)26)12-16-8-10-25(11-9-16)15-17-6-4-3-5-7-17/h3-7,13-14,16,20H,8-12,15H2,1-2H3/i20+1,23+1,24+1. The van der Waals surface area contributed by atoms with E-state index in [2.05, 4.69) is 29.2 Å². The molecule has 1 fully saturated rings. The number of methoxy groups -OCH3 is 2. The van der Waals surface area contributed by atoms with Crippen molar-refractivity contribution in [3.05, 3.63) is 59.2 Å². The summed E-state index contributed by atoms with van der Waals surface area (Å²) in [5.41, 5.74) is 2.27. The molecule has 0 unspecified atom stereocenters. The van der Waals surface area contributed by atoms with Crippen molar-refractivity contribution in [2.45, 2.75) is 25.8 Å². The van der Waals surface area contributed by atoms with Crippen LogP contribution in [-0.4, -0.2) is 43.8 Å². The third-order valence-electron chi connectivity index (χ3n) is 6.21. The van der Waals surface area contributed by atoms with Crippen LogP contribution in [0.25, 0.3) is 0 Å². The molecule has 0 radical (unpaired) electrons. The summed E-state index contributed by atoms with van der Waals surface area (Å²) >= 11 is 0. The fraction of sp³-hybridized carbons (Fsp3) is 0.417. The van der Waals surface area contributed by atoms with Gasteiger partial charge in [-0.05, 0) is 56.0 Å². The Labute approximate surface area is 171 Å². The van der Waals surface area contributed by atoms with Crippen LogP contribution in [0.1, 0.15) is 45.5 Å². The molecule has 2 aliphatic rings. The number of ether oxygens (including phenoxy) is 2. The lowest BCUT2D eigenvalue weighted by Crippen LogP contribution is -2.34. The number of likely N-dealkylation sites (tertiary alicyclic amines) is 1. The van der Waals surface area contributed by atoms with Gasteiger partial charge in [-0.25, -0.2) is 0 Å². The fourth-order valence-electron chi connectivity index (χ4n) is 4.55. The fourth-order valence-corrected chi connectivity index (χ4v) is 4.55. The second kappa shape index (κ2) is 8.37. The van der Waals surface area contributed by atoms with Crippen LogP contribution in [0.2, 0.25) is 0 Å². The van der Waals surface area contributed by atoms with E-state index in [1.54, 1.807) is 12.1 Å². The molecule has 1 aliphatic carbocycles. The first-order valence-corrected chi connectivity index (χ1v) is 10.2. The first-order valence-electron chi connectivity index (χ1n) is 10.2. The van der Waals surface area contributed by atoms with Gasteiger partial charge < -0.3 is 9.47 Å². The molecule has 2 aromatic rings. The van der Waals surface area contributed by atoms with E-state index >= 15 is 0 Å². The van der Waals surface area contributed by atoms with Crippen molar-refractivity contribution in [3.63, 3.8) is 0 Å². The number of rotatable bonds is 6. The van der Waals surface area contributed by atoms with Crippen LogP contribution in [0.15, 0.2) is 42.5 Å². The minimum atomic E-state index is -0.563. The molecule has 152 valence electrons. The lowest BCUT2D eigenvalue weighted by Gasteiger charge is -2.32. The molecular weight excluding hydrogens is 369 g/mol. The van der Waals surface area contributed by atoms with Crippen molar-refractivity contribution in [3.8, 4) is 11.5 Å². The summed E-state index contributed by atoms with van der Waals surface area (Å²) in [6, 6.07) is 13.8. The van der Waals surface area contributed by atoms with Gasteiger partial charge in [0.15, 0.2) is 23.1 Å². The summed E-state index contributed by atoms with van der Waals surface area (Å²) in [4.78, 5) is 28.3. The lowest BCUT2D eigenvalue weighted by molar-refractivity contribution is 0.0791. The van der Waals surface area contributed by atoms with Crippen LogP contribution < -0.4 is 9.47 Å². The molecule has 0 atom stereocenters. The Bertz CT molecular complexity index is 858. The number of hydrogen-bond acceptors (Lipinski definition) is 5. The summed E-state index contributed by atoms with van der Waals surface area (Å²) in [5.74, 6) is 0.672. The van der Waals surface area contributed by atoms with Crippen LogP contribution in [-0.2, 0) is 6.54 Å². The van der Waals surface area contributed by atoms with Gasteiger partial charge in [0.1, 0.15) is 0 Å². The smallest absolute Gasteiger partial charge is 0.174 e. The average Bonchev–Trinajstić information content (AvgIpc) is 2.99. The lowest BCUT2D eigenvalue weighted by atomic mass is 9.95. The molecule has 1 heterocycles. The van der Waals surface area contributed by atoms with Crippen molar-refractivity contribution in [1.82, 2.24) is 4.90 Å². The molecule has 1 saturated heterocycles. The molecule has 0 bridgehead atoms. The van der Waals surface area contributed by atoms with E-state index in [1.807, 2.05) is 6.07 Å². The van der Waals surface area contributed by atoms with Gasteiger partial charge in [0.2, 0.25) is 0 Å². The zero-order valence-electron chi connectivity index (χ0n) is 17.0. The van der Waals surface area contributed by atoms with Gasteiger partial charge in [-0.3, -0.25) is 14.5 Å². The highest BCUT2D eigenvalue weighted by molar-refractivity contribution is 6.26. The molecule has 5 heteroatoms. The Kier molecular flexibility index (Phi) is 5.67. The number of carbonyl (C=O) groups excluding carboxylic acids is 2. The van der Waals surface area contributed by atoms with E-state index in [0.29, 0.717) is 35.0 Å². The molecule has 2 aromatic carbocycles. The Morgan fingerprint density at radius 3 is 1.97 bits per heavy atom. The van der Waals surface area contributed by atoms with E-state index in [9.17, 15) is 9.59 Å². The molecule has 0 spiro atoms. The Balaban J connectivity index is 1.39. The molecule has 0 aromatic heterocycles. The van der Waals surface area contributed by atoms with Gasteiger partial charge in [-0.15, -0.1) is 0 Å². The topological polar surface area (TPSA) is 55.8 Å². The van der Waals surface area contributed by atoms with Crippen molar-refractivity contribution >= 4 is 11.6 Å². The maximum Gasteiger partial charge on any atom is 0.174 e. The molecule has 1 aliphatic heterocycles. The predicted molar refractivity (Wildman–Crippen MR) is 111 cm³/mol. The number of ketones is 2. The van der Waals surface area contributed by atoms with Gasteiger partial charge >= 0.3 is 0 Å². The van der Waals surface area contributed by atoms with Gasteiger partial charge in [-0.2, -0.15) is 0 Å². The van der Waals surface area contributed by atoms with Crippen LogP contribution in [0, 0.1) is 11.8 Å². The number of benzene rings is 2. The first-order chi connectivity index (χ1) is 14.1. The molecule has 5 nitrogen and oxygen atoms in total. The van der Waals surface area contributed by atoms with E-state index < -0.39 is 5.92 Å². The maximum atomic E-state index is 12.9. The van der Waals surface area contributed by atoms with Gasteiger partial charge in [0, 0.05) is 17.7 Å². The van der Waals surface area contributed by atoms with E-state index in [4.69, 9.17) is 9.47 Å². The number of hydrogen-bond donors (Lipinski definition) is 0. The van der Waals surface area contributed by atoms with Gasteiger partial charge in [-0.1, -0.05) is 30.3 Å². The largest absolute Gasteiger partial charge is 0.493 e. The highest BCUT2D eigenvalue weighted by Gasteiger charge is 2.41. The highest BCUT2D eigenvalue weighted by atomic mass is 16.5. The second-order valence-corrected chi connectivity index (χ2v) is 7.97. The molecular formula is C24H27NO4. The maximum absolute atomic E-state index is 12.9. The van der Waals surface area contributed by atoms with Crippen LogP contribution in [0.3, 0.4) is 0 Å². The zero-order valence-corrected chi connectivity index (χ0v) is 17.0. The van der Waals surface area contributed by atoms with Crippen molar-refractivity contribution in [2.75, 3.05) is 27.3 Å². The van der Waals surface area contributed by atoms with Crippen LogP contribution in [0.5, 0.6) is 11.5 Å². The highest BCUT2D eigenvalue weighted by Crippen LogP contribution is 2.39. The molecule has 0 amide bonds. The molecule has 4 rings (SSSR count). The zero-order chi connectivity index (χ0) is 20.4. The summed E-state index contributed by atoms with van der Waals surface area (Å²) < 4.78 is 10.6. The van der Waals surface area contributed by atoms with Gasteiger partial charge in [0.05, 0.1) is 20.1 Å². The Hall–Kier alpha value is -2.66. The third-order valence-corrected chi connectivity index (χ3v) is 6.21. The summed E-state index contributed by atoms with van der Waals surface area (Å²) in [5, 5.41) is 0. The normalized spacial score (nSPS) is 18.1. The van der Waals surface area contributed by atoms with E-state index in [1.165, 1.54) is 19.8 Å². The molecule has 29 heavy (non-hydrogen) atoms. The number of fused-ring (bicyclic) bond motifs is 1. The summed E-state index contributed by atoms with van der Waals surface area (Å²) in [6.45, 7) is 2.96. The minimum absolute atomic E-state index is 0.0716. The first kappa shape index (κ1) is 19.6. The van der Waals surface area contributed by atoms with Crippen molar-refractivity contribution in [1.29, 1.82) is 0 Å². The van der Waals surface area contributed by atoms with Gasteiger partial charge in [0.25, 0.3) is 0 Å². The Morgan fingerprint density at radius 1 is 0.897 bits per heavy atom. The summed E-state index contributed by atoms with van der Waals surface area (Å²) in [7, 11) is 3.07. The van der Waals surface area contributed by atoms with Crippen LogP contribution in [0.4, 0.5) is 0 Å². The third kappa shape index (κ3) is 3.92. The monoisotopic (exact) mass is 396 g/mol. The average molecular weight is 396 g/mol. The van der Waals surface area contributed by atoms with E-state index in [0.717, 1.165) is 32.5 Å². The summed E-state index contributed by atoms with van der Waals surface area (Å²) in [6.07, 6.45) is 2.68. The number of carbonyl (C=O) groups is 2. The molecule has 0 saturated carbocycles. The minimum Gasteiger partial charge on any atom is -0.493 e. The number of Topliss-reactive ketones (excluding diaryl/α,β-unsaturated/α-hetero) is 2. The number of nitrogens with zero attached hydrogens (tertiary/aromatic N) is 1. The SMILES string of the molecule is COc1cc2c(cc1OC)[13C](=O)[13CH](CC1CCN(Cc3ccccc3)CC1)[13C]2=O. The predicted octanol–water partition coefficient (Wildman–Crippen LogP) is 4.00. The van der Waals surface area contributed by atoms with Crippen molar-refractivity contribution < 1.29 is 19.1 Å². The van der Waals surface area contributed by atoms with Crippen molar-refractivity contribution in [2.24, 2.45) is 11.8 Å². The van der Waals surface area contributed by atoms with E-state index in [-0.39, 0.29) is 11.6 Å². The van der Waals surface area contributed by atoms with Crippen LogP contribution >= 0.6 is 0 Å².